The zero-order chi connectivity index (χ0) is 22.3. The number of amides is 2. The van der Waals surface area contributed by atoms with Gasteiger partial charge in [-0.25, -0.2) is 4.98 Å². The van der Waals surface area contributed by atoms with Crippen molar-refractivity contribution in [2.24, 2.45) is 0 Å². The molecule has 2 amide bonds. The summed E-state index contributed by atoms with van der Waals surface area (Å²) in [6.45, 7) is 0.551. The first-order chi connectivity index (χ1) is 15.6. The van der Waals surface area contributed by atoms with Crippen LogP contribution < -0.4 is 15.4 Å². The van der Waals surface area contributed by atoms with Crippen molar-refractivity contribution < 1.29 is 14.3 Å². The number of rotatable bonds is 7. The van der Waals surface area contributed by atoms with E-state index in [-0.39, 0.29) is 11.8 Å². The van der Waals surface area contributed by atoms with Crippen LogP contribution in [0.1, 0.15) is 26.4 Å². The van der Waals surface area contributed by atoms with E-state index >= 15 is 0 Å². The number of carbonyl (C=O) groups excluding carboxylic acids is 2. The lowest BCUT2D eigenvalue weighted by molar-refractivity contribution is 0.101. The van der Waals surface area contributed by atoms with Crippen molar-refractivity contribution in [3.8, 4) is 5.75 Å². The topological polar surface area (TPSA) is 85.2 Å². The SMILES string of the molecule is COc1ccc(NC(=O)c2cn(Cc3ccc(NC(=O)c4ccccc4)cc3)cn2)cc1. The smallest absolute Gasteiger partial charge is 0.275 e. The van der Waals surface area contributed by atoms with Crippen LogP contribution in [0.5, 0.6) is 5.75 Å². The van der Waals surface area contributed by atoms with Gasteiger partial charge in [0.15, 0.2) is 0 Å². The molecule has 4 aromatic rings. The van der Waals surface area contributed by atoms with Gasteiger partial charge in [-0.1, -0.05) is 30.3 Å². The van der Waals surface area contributed by atoms with Crippen molar-refractivity contribution in [3.05, 3.63) is 108 Å². The number of aromatic nitrogens is 2. The van der Waals surface area contributed by atoms with Crippen LogP contribution >= 0.6 is 0 Å². The maximum Gasteiger partial charge on any atom is 0.275 e. The van der Waals surface area contributed by atoms with Crippen LogP contribution in [0.15, 0.2) is 91.4 Å². The summed E-state index contributed by atoms with van der Waals surface area (Å²) < 4.78 is 6.95. The van der Waals surface area contributed by atoms with Gasteiger partial charge in [0.05, 0.1) is 13.4 Å². The Balaban J connectivity index is 1.34. The predicted molar refractivity (Wildman–Crippen MR) is 123 cm³/mol. The fourth-order valence-electron chi connectivity index (χ4n) is 3.13. The summed E-state index contributed by atoms with van der Waals surface area (Å²) in [4.78, 5) is 28.9. The third-order valence-electron chi connectivity index (χ3n) is 4.83. The number of anilines is 2. The van der Waals surface area contributed by atoms with E-state index in [0.717, 1.165) is 11.3 Å². The molecule has 7 nitrogen and oxygen atoms in total. The van der Waals surface area contributed by atoms with Crippen LogP contribution in [0.2, 0.25) is 0 Å². The predicted octanol–water partition coefficient (Wildman–Crippen LogP) is 4.44. The summed E-state index contributed by atoms with van der Waals surface area (Å²) in [7, 11) is 1.59. The number of nitrogens with one attached hydrogen (secondary N) is 2. The Morgan fingerprint density at radius 1 is 0.844 bits per heavy atom. The van der Waals surface area contributed by atoms with Gasteiger partial charge in [0.1, 0.15) is 11.4 Å². The molecular formula is C25H22N4O3. The van der Waals surface area contributed by atoms with E-state index in [0.29, 0.717) is 29.2 Å². The lowest BCUT2D eigenvalue weighted by atomic mass is 10.2. The Kier molecular flexibility index (Phi) is 6.27. The van der Waals surface area contributed by atoms with Crippen molar-refractivity contribution in [3.63, 3.8) is 0 Å². The van der Waals surface area contributed by atoms with Crippen molar-refractivity contribution in [1.29, 1.82) is 0 Å². The highest BCUT2D eigenvalue weighted by atomic mass is 16.5. The van der Waals surface area contributed by atoms with Crippen LogP contribution in [-0.4, -0.2) is 28.5 Å². The van der Waals surface area contributed by atoms with Gasteiger partial charge < -0.3 is 19.9 Å². The fraction of sp³-hybridized carbons (Fsp3) is 0.0800. The molecule has 0 saturated carbocycles. The summed E-state index contributed by atoms with van der Waals surface area (Å²) >= 11 is 0. The number of ether oxygens (including phenoxy) is 1. The molecule has 0 bridgehead atoms. The van der Waals surface area contributed by atoms with Gasteiger partial charge in [0, 0.05) is 29.7 Å². The molecule has 160 valence electrons. The van der Waals surface area contributed by atoms with E-state index in [1.165, 1.54) is 0 Å². The van der Waals surface area contributed by atoms with Crippen LogP contribution in [-0.2, 0) is 6.54 Å². The minimum Gasteiger partial charge on any atom is -0.497 e. The van der Waals surface area contributed by atoms with E-state index in [1.807, 2.05) is 47.0 Å². The lowest BCUT2D eigenvalue weighted by Crippen LogP contribution is -2.12. The van der Waals surface area contributed by atoms with Gasteiger partial charge in [0.25, 0.3) is 11.8 Å². The number of hydrogen-bond donors (Lipinski definition) is 2. The monoisotopic (exact) mass is 426 g/mol. The fourth-order valence-corrected chi connectivity index (χ4v) is 3.13. The van der Waals surface area contributed by atoms with Crippen molar-refractivity contribution in [2.45, 2.75) is 6.54 Å². The molecule has 4 rings (SSSR count). The van der Waals surface area contributed by atoms with Gasteiger partial charge >= 0.3 is 0 Å². The zero-order valence-corrected chi connectivity index (χ0v) is 17.5. The molecule has 7 heteroatoms. The van der Waals surface area contributed by atoms with Crippen molar-refractivity contribution in [2.75, 3.05) is 17.7 Å². The molecule has 32 heavy (non-hydrogen) atoms. The Morgan fingerprint density at radius 2 is 1.47 bits per heavy atom. The normalized spacial score (nSPS) is 10.4. The Bertz CT molecular complexity index is 1200. The maximum absolute atomic E-state index is 12.4. The molecule has 1 heterocycles. The van der Waals surface area contributed by atoms with Gasteiger partial charge in [-0.05, 0) is 54.1 Å². The van der Waals surface area contributed by atoms with E-state index in [9.17, 15) is 9.59 Å². The molecule has 1 aromatic heterocycles. The van der Waals surface area contributed by atoms with Gasteiger partial charge in [-0.15, -0.1) is 0 Å². The first-order valence-corrected chi connectivity index (χ1v) is 10.0. The second kappa shape index (κ2) is 9.61. The molecular weight excluding hydrogens is 404 g/mol. The first kappa shape index (κ1) is 20.9. The minimum absolute atomic E-state index is 0.152. The average molecular weight is 426 g/mol. The number of nitrogens with zero attached hydrogens (tertiary/aromatic N) is 2. The van der Waals surface area contributed by atoms with Gasteiger partial charge in [0.2, 0.25) is 0 Å². The summed E-state index contributed by atoms with van der Waals surface area (Å²) in [6, 6.07) is 23.7. The largest absolute Gasteiger partial charge is 0.497 e. The second-order valence-electron chi connectivity index (χ2n) is 7.13. The quantitative estimate of drug-likeness (QED) is 0.457. The van der Waals surface area contributed by atoms with Gasteiger partial charge in [-0.2, -0.15) is 0 Å². The summed E-state index contributed by atoms with van der Waals surface area (Å²) in [5.41, 5.74) is 3.33. The Morgan fingerprint density at radius 3 is 2.12 bits per heavy atom. The van der Waals surface area contributed by atoms with E-state index < -0.39 is 0 Å². The molecule has 0 aliphatic rings. The number of imidazole rings is 1. The highest BCUT2D eigenvalue weighted by molar-refractivity contribution is 6.04. The highest BCUT2D eigenvalue weighted by Crippen LogP contribution is 2.16. The zero-order valence-electron chi connectivity index (χ0n) is 17.5. The molecule has 3 aromatic carbocycles. The van der Waals surface area contributed by atoms with Crippen LogP contribution in [0.4, 0.5) is 11.4 Å². The van der Waals surface area contributed by atoms with Crippen LogP contribution in [0.3, 0.4) is 0 Å². The van der Waals surface area contributed by atoms with Crippen LogP contribution in [0, 0.1) is 0 Å². The summed E-state index contributed by atoms with van der Waals surface area (Å²) in [5.74, 6) is 0.284. The number of methoxy groups -OCH3 is 1. The molecule has 2 N–H and O–H groups in total. The molecule has 0 spiro atoms. The lowest BCUT2D eigenvalue weighted by Gasteiger charge is -2.07. The summed E-state index contributed by atoms with van der Waals surface area (Å²) in [6.07, 6.45) is 3.32. The Hall–Kier alpha value is -4.39. The van der Waals surface area contributed by atoms with Crippen molar-refractivity contribution in [1.82, 2.24) is 9.55 Å². The van der Waals surface area contributed by atoms with E-state index in [1.54, 1.807) is 56.0 Å². The molecule has 0 saturated heterocycles. The minimum atomic E-state index is -0.284. The number of benzene rings is 3. The number of carbonyl (C=O) groups is 2. The average Bonchev–Trinajstić information content (AvgIpc) is 3.30. The third kappa shape index (κ3) is 5.20. The molecule has 0 fully saturated rings. The van der Waals surface area contributed by atoms with Crippen LogP contribution in [0.25, 0.3) is 0 Å². The second-order valence-corrected chi connectivity index (χ2v) is 7.13. The summed E-state index contributed by atoms with van der Waals surface area (Å²) in [5, 5.41) is 5.70. The number of hydrogen-bond acceptors (Lipinski definition) is 4. The molecule has 0 atom stereocenters. The van der Waals surface area contributed by atoms with E-state index in [2.05, 4.69) is 15.6 Å². The highest BCUT2D eigenvalue weighted by Gasteiger charge is 2.10. The third-order valence-corrected chi connectivity index (χ3v) is 4.83. The first-order valence-electron chi connectivity index (χ1n) is 10.0. The van der Waals surface area contributed by atoms with Crippen molar-refractivity contribution >= 4 is 23.2 Å². The maximum atomic E-state index is 12.4. The molecule has 0 unspecified atom stereocenters. The Labute approximate surface area is 185 Å². The van der Waals surface area contributed by atoms with Gasteiger partial charge in [-0.3, -0.25) is 9.59 Å². The molecule has 0 aliphatic heterocycles. The van der Waals surface area contributed by atoms with E-state index in [4.69, 9.17) is 4.74 Å². The molecule has 0 aliphatic carbocycles. The molecule has 0 radical (unpaired) electrons. The standard InChI is InChI=1S/C25H22N4O3/c1-32-22-13-11-21(12-14-22)28-25(31)23-16-29(17-26-23)15-18-7-9-20(10-8-18)27-24(30)19-5-3-2-4-6-19/h2-14,16-17H,15H2,1H3,(H,27,30)(H,28,31).